The van der Waals surface area contributed by atoms with E-state index in [0.717, 1.165) is 0 Å². The van der Waals surface area contributed by atoms with E-state index in [2.05, 4.69) is 5.32 Å². The second-order valence-electron chi connectivity index (χ2n) is 1.90. The molecular formula is C5H9F4N. The van der Waals surface area contributed by atoms with Crippen molar-refractivity contribution in [3.8, 4) is 0 Å². The van der Waals surface area contributed by atoms with Gasteiger partial charge >= 0.3 is 6.18 Å². The Kier molecular flexibility index (Phi) is 3.63. The Morgan fingerprint density at radius 3 is 2.20 bits per heavy atom. The van der Waals surface area contributed by atoms with Gasteiger partial charge in [0.15, 0.2) is 6.17 Å². The van der Waals surface area contributed by atoms with Crippen molar-refractivity contribution < 1.29 is 17.6 Å². The summed E-state index contributed by atoms with van der Waals surface area (Å²) in [4.78, 5) is 0. The van der Waals surface area contributed by atoms with Gasteiger partial charge in [-0.05, 0) is 20.0 Å². The van der Waals surface area contributed by atoms with Gasteiger partial charge in [-0.1, -0.05) is 0 Å². The SMILES string of the molecule is CNCCC(F)C(F)(F)F. The normalized spacial score (nSPS) is 15.3. The molecule has 0 spiro atoms. The summed E-state index contributed by atoms with van der Waals surface area (Å²) >= 11 is 0. The molecule has 0 amide bonds. The standard InChI is InChI=1S/C5H9F4N/c1-10-3-2-4(6)5(7,8)9/h4,10H,2-3H2,1H3. The van der Waals surface area contributed by atoms with Crippen molar-refractivity contribution in [1.29, 1.82) is 0 Å². The fourth-order valence-corrected chi connectivity index (χ4v) is 0.435. The van der Waals surface area contributed by atoms with Gasteiger partial charge in [0.25, 0.3) is 0 Å². The Balaban J connectivity index is 3.52. The van der Waals surface area contributed by atoms with Crippen molar-refractivity contribution in [2.24, 2.45) is 0 Å². The molecule has 0 bridgehead atoms. The Morgan fingerprint density at radius 2 is 1.90 bits per heavy atom. The van der Waals surface area contributed by atoms with Crippen LogP contribution in [0.1, 0.15) is 6.42 Å². The van der Waals surface area contributed by atoms with Gasteiger partial charge in [-0.15, -0.1) is 0 Å². The third kappa shape index (κ3) is 3.66. The monoisotopic (exact) mass is 159 g/mol. The van der Waals surface area contributed by atoms with Crippen molar-refractivity contribution in [2.75, 3.05) is 13.6 Å². The predicted molar refractivity (Wildman–Crippen MR) is 29.5 cm³/mol. The van der Waals surface area contributed by atoms with Crippen molar-refractivity contribution in [3.63, 3.8) is 0 Å². The van der Waals surface area contributed by atoms with Gasteiger partial charge in [0, 0.05) is 0 Å². The molecular weight excluding hydrogens is 150 g/mol. The van der Waals surface area contributed by atoms with Crippen molar-refractivity contribution in [3.05, 3.63) is 0 Å². The van der Waals surface area contributed by atoms with Gasteiger partial charge < -0.3 is 5.32 Å². The minimum Gasteiger partial charge on any atom is -0.320 e. The summed E-state index contributed by atoms with van der Waals surface area (Å²) in [6.07, 6.45) is -7.91. The highest BCUT2D eigenvalue weighted by Crippen LogP contribution is 2.24. The number of halogens is 4. The molecule has 0 aliphatic carbocycles. The smallest absolute Gasteiger partial charge is 0.320 e. The number of rotatable bonds is 3. The van der Waals surface area contributed by atoms with Crippen LogP contribution in [-0.4, -0.2) is 25.9 Å². The predicted octanol–water partition coefficient (Wildman–Crippen LogP) is 1.50. The lowest BCUT2D eigenvalue weighted by atomic mass is 10.3. The Morgan fingerprint density at radius 1 is 1.40 bits per heavy atom. The molecule has 1 atom stereocenters. The zero-order valence-electron chi connectivity index (χ0n) is 5.50. The van der Waals surface area contributed by atoms with E-state index < -0.39 is 18.8 Å². The van der Waals surface area contributed by atoms with Gasteiger partial charge in [-0.25, -0.2) is 4.39 Å². The zero-order valence-corrected chi connectivity index (χ0v) is 5.50. The van der Waals surface area contributed by atoms with Crippen LogP contribution in [-0.2, 0) is 0 Å². The van der Waals surface area contributed by atoms with Crippen LogP contribution in [0.3, 0.4) is 0 Å². The summed E-state index contributed by atoms with van der Waals surface area (Å²) in [7, 11) is 1.48. The van der Waals surface area contributed by atoms with Crippen LogP contribution in [0.25, 0.3) is 0 Å². The third-order valence-corrected chi connectivity index (χ3v) is 1.00. The highest BCUT2D eigenvalue weighted by Gasteiger charge is 2.39. The molecule has 1 N–H and O–H groups in total. The van der Waals surface area contributed by atoms with Crippen molar-refractivity contribution in [2.45, 2.75) is 18.8 Å². The molecule has 0 aromatic carbocycles. The highest BCUT2D eigenvalue weighted by atomic mass is 19.4. The Hall–Kier alpha value is -0.320. The highest BCUT2D eigenvalue weighted by molar-refractivity contribution is 4.65. The van der Waals surface area contributed by atoms with Gasteiger partial charge in [-0.3, -0.25) is 0 Å². The van der Waals surface area contributed by atoms with Crippen LogP contribution < -0.4 is 5.32 Å². The molecule has 0 radical (unpaired) electrons. The second kappa shape index (κ2) is 3.75. The summed E-state index contributed by atoms with van der Waals surface area (Å²) in [6.45, 7) is 0.0423. The molecule has 0 aliphatic rings. The van der Waals surface area contributed by atoms with Crippen LogP contribution in [0.5, 0.6) is 0 Å². The van der Waals surface area contributed by atoms with Crippen LogP contribution in [0.15, 0.2) is 0 Å². The maximum atomic E-state index is 11.9. The van der Waals surface area contributed by atoms with Crippen molar-refractivity contribution in [1.82, 2.24) is 5.32 Å². The summed E-state index contributed by atoms with van der Waals surface area (Å²) in [6, 6.07) is 0. The largest absolute Gasteiger partial charge is 0.419 e. The third-order valence-electron chi connectivity index (χ3n) is 1.00. The Labute approximate surface area is 56.4 Å². The van der Waals surface area contributed by atoms with E-state index in [1.165, 1.54) is 7.05 Å². The molecule has 5 heteroatoms. The van der Waals surface area contributed by atoms with E-state index >= 15 is 0 Å². The fraction of sp³-hybridized carbons (Fsp3) is 1.00. The molecule has 62 valence electrons. The topological polar surface area (TPSA) is 12.0 Å². The lowest BCUT2D eigenvalue weighted by molar-refractivity contribution is -0.181. The summed E-state index contributed by atoms with van der Waals surface area (Å²) in [5.41, 5.74) is 0. The molecule has 0 aliphatic heterocycles. The molecule has 0 saturated heterocycles. The average Bonchev–Trinajstić information content (AvgIpc) is 1.80. The molecule has 0 aromatic heterocycles. The maximum absolute atomic E-state index is 11.9. The summed E-state index contributed by atoms with van der Waals surface area (Å²) in [5, 5.41) is 2.43. The first kappa shape index (κ1) is 9.68. The van der Waals surface area contributed by atoms with Gasteiger partial charge in [-0.2, -0.15) is 13.2 Å². The van der Waals surface area contributed by atoms with Crippen LogP contribution in [0.4, 0.5) is 17.6 Å². The van der Waals surface area contributed by atoms with Crippen LogP contribution in [0, 0.1) is 0 Å². The molecule has 10 heavy (non-hydrogen) atoms. The van der Waals surface area contributed by atoms with E-state index in [1.807, 2.05) is 0 Å². The minimum absolute atomic E-state index is 0.0423. The molecule has 0 fully saturated rings. The lowest BCUT2D eigenvalue weighted by Crippen LogP contribution is -2.27. The van der Waals surface area contributed by atoms with Gasteiger partial charge in [0.05, 0.1) is 0 Å². The number of nitrogens with one attached hydrogen (secondary N) is 1. The number of hydrogen-bond donors (Lipinski definition) is 1. The first-order valence-electron chi connectivity index (χ1n) is 2.84. The second-order valence-corrected chi connectivity index (χ2v) is 1.90. The molecule has 1 unspecified atom stereocenters. The van der Waals surface area contributed by atoms with Gasteiger partial charge in [0.1, 0.15) is 0 Å². The zero-order chi connectivity index (χ0) is 8.20. The van der Waals surface area contributed by atoms with E-state index in [9.17, 15) is 17.6 Å². The molecule has 0 rings (SSSR count). The fourth-order valence-electron chi connectivity index (χ4n) is 0.435. The number of hydrogen-bond acceptors (Lipinski definition) is 1. The molecule has 0 saturated carbocycles. The lowest BCUT2D eigenvalue weighted by Gasteiger charge is -2.10. The van der Waals surface area contributed by atoms with E-state index in [0.29, 0.717) is 0 Å². The van der Waals surface area contributed by atoms with Crippen LogP contribution in [0.2, 0.25) is 0 Å². The van der Waals surface area contributed by atoms with Crippen molar-refractivity contribution >= 4 is 0 Å². The van der Waals surface area contributed by atoms with Gasteiger partial charge in [0.2, 0.25) is 0 Å². The molecule has 1 nitrogen and oxygen atoms in total. The first-order chi connectivity index (χ1) is 4.48. The summed E-state index contributed by atoms with van der Waals surface area (Å²) in [5.74, 6) is 0. The van der Waals surface area contributed by atoms with Crippen LogP contribution >= 0.6 is 0 Å². The first-order valence-corrected chi connectivity index (χ1v) is 2.84. The average molecular weight is 159 g/mol. The number of alkyl halides is 4. The molecule has 0 heterocycles. The maximum Gasteiger partial charge on any atom is 0.419 e. The summed E-state index contributed by atoms with van der Waals surface area (Å²) < 4.78 is 46.0. The Bertz CT molecular complexity index is 90.1. The van der Waals surface area contributed by atoms with E-state index in [-0.39, 0.29) is 6.54 Å². The quantitative estimate of drug-likeness (QED) is 0.615. The van der Waals surface area contributed by atoms with E-state index in [4.69, 9.17) is 0 Å². The van der Waals surface area contributed by atoms with E-state index in [1.54, 1.807) is 0 Å². The minimum atomic E-state index is -4.70. The molecule has 0 aromatic rings.